The lowest BCUT2D eigenvalue weighted by molar-refractivity contribution is -0.168. The third-order valence-corrected chi connectivity index (χ3v) is 6.82. The van der Waals surface area contributed by atoms with E-state index in [4.69, 9.17) is 19.7 Å². The molecule has 0 bridgehead atoms. The lowest BCUT2D eigenvalue weighted by Crippen LogP contribution is -2.63. The van der Waals surface area contributed by atoms with E-state index >= 15 is 0 Å². The van der Waals surface area contributed by atoms with Crippen LogP contribution in [0.5, 0.6) is 0 Å². The van der Waals surface area contributed by atoms with Crippen molar-refractivity contribution in [3.63, 3.8) is 0 Å². The number of ether oxygens (including phenoxy) is 3. The van der Waals surface area contributed by atoms with Gasteiger partial charge in [0.25, 0.3) is 0 Å². The topological polar surface area (TPSA) is 131 Å². The van der Waals surface area contributed by atoms with Crippen LogP contribution in [0.25, 0.3) is 10.4 Å². The lowest BCUT2D eigenvalue weighted by Gasteiger charge is -2.43. The van der Waals surface area contributed by atoms with Gasteiger partial charge in [-0.3, -0.25) is 4.79 Å². The van der Waals surface area contributed by atoms with Gasteiger partial charge >= 0.3 is 5.97 Å². The highest BCUT2D eigenvalue weighted by Gasteiger charge is 2.57. The summed E-state index contributed by atoms with van der Waals surface area (Å²) in [5.41, 5.74) is 9.71. The summed E-state index contributed by atoms with van der Waals surface area (Å²) in [7, 11) is -3.98. The number of nitrogens with zero attached hydrogens (tertiary/aromatic N) is 4. The molecule has 4 atom stereocenters. The molecule has 0 unspecified atom stereocenters. The minimum atomic E-state index is -3.98. The number of esters is 1. The van der Waals surface area contributed by atoms with Crippen LogP contribution in [0.2, 0.25) is 0 Å². The average Bonchev–Trinajstić information content (AvgIpc) is 2.96. The summed E-state index contributed by atoms with van der Waals surface area (Å²) in [4.78, 5) is 14.5. The minimum absolute atomic E-state index is 0.0900. The molecule has 158 valence electrons. The van der Waals surface area contributed by atoms with Crippen LogP contribution in [-0.4, -0.2) is 61.9 Å². The summed E-state index contributed by atoms with van der Waals surface area (Å²) in [6.45, 7) is 6.21. The van der Waals surface area contributed by atoms with Gasteiger partial charge in [-0.25, -0.2) is 8.42 Å². The summed E-state index contributed by atoms with van der Waals surface area (Å²) < 4.78 is 45.2. The highest BCUT2D eigenvalue weighted by atomic mass is 32.2. The summed E-state index contributed by atoms with van der Waals surface area (Å²) in [5, 5.41) is 3.59. The third kappa shape index (κ3) is 4.39. The molecule has 2 fully saturated rings. The molecule has 29 heavy (non-hydrogen) atoms. The molecule has 0 aromatic heterocycles. The summed E-state index contributed by atoms with van der Waals surface area (Å²) in [6, 6.07) is 5.61. The highest BCUT2D eigenvalue weighted by Crippen LogP contribution is 2.39. The molecule has 0 radical (unpaired) electrons. The van der Waals surface area contributed by atoms with Crippen molar-refractivity contribution in [2.24, 2.45) is 5.11 Å². The SMILES string of the molecule is CC(=O)O[C@@H]1CN(S(=O)(=O)c2ccc(C)cc2)[C@H](CN=[N+]=[N-])[C@H]2OC(C)(C)O[C@@H]21. The van der Waals surface area contributed by atoms with Gasteiger partial charge in [0.15, 0.2) is 5.79 Å². The van der Waals surface area contributed by atoms with Crippen molar-refractivity contribution in [3.8, 4) is 0 Å². The molecule has 0 amide bonds. The van der Waals surface area contributed by atoms with Gasteiger partial charge in [0.1, 0.15) is 18.3 Å². The standard InChI is InChI=1S/C18H24N4O6S/c1-11-5-7-13(8-6-11)29(24,25)22-10-15(26-12(2)23)17-16(14(22)9-20-21-19)27-18(3,4)28-17/h5-8,14-17H,9-10H2,1-4H3/t14-,15-,16-,17-/m1/s1. The zero-order valence-corrected chi connectivity index (χ0v) is 17.5. The van der Waals surface area contributed by atoms with Crippen molar-refractivity contribution < 1.29 is 27.4 Å². The van der Waals surface area contributed by atoms with Crippen LogP contribution in [0.15, 0.2) is 34.3 Å². The van der Waals surface area contributed by atoms with Gasteiger partial charge in [-0.15, -0.1) is 0 Å². The minimum Gasteiger partial charge on any atom is -0.458 e. The van der Waals surface area contributed by atoms with Crippen LogP contribution in [0, 0.1) is 6.92 Å². The predicted molar refractivity (Wildman–Crippen MR) is 102 cm³/mol. The van der Waals surface area contributed by atoms with Crippen LogP contribution in [0.3, 0.4) is 0 Å². The van der Waals surface area contributed by atoms with E-state index in [1.54, 1.807) is 26.0 Å². The first-order valence-corrected chi connectivity index (χ1v) is 10.6. The van der Waals surface area contributed by atoms with E-state index in [2.05, 4.69) is 10.0 Å². The first kappa shape index (κ1) is 21.5. The maximum atomic E-state index is 13.4. The van der Waals surface area contributed by atoms with Crippen molar-refractivity contribution in [3.05, 3.63) is 40.3 Å². The van der Waals surface area contributed by atoms with E-state index in [1.807, 2.05) is 6.92 Å². The average molecular weight is 424 g/mol. The normalized spacial score (nSPS) is 29.0. The second-order valence-electron chi connectivity index (χ2n) is 7.58. The Morgan fingerprint density at radius 3 is 2.52 bits per heavy atom. The number of hydrogen-bond acceptors (Lipinski definition) is 7. The zero-order valence-electron chi connectivity index (χ0n) is 16.7. The molecule has 0 N–H and O–H groups in total. The van der Waals surface area contributed by atoms with Crippen molar-refractivity contribution >= 4 is 16.0 Å². The molecule has 1 aromatic carbocycles. The molecule has 2 aliphatic rings. The molecule has 1 aromatic rings. The number of hydrogen-bond donors (Lipinski definition) is 0. The molecule has 0 spiro atoms. The van der Waals surface area contributed by atoms with Crippen LogP contribution in [0.1, 0.15) is 26.3 Å². The maximum Gasteiger partial charge on any atom is 0.303 e. The van der Waals surface area contributed by atoms with Gasteiger partial charge in [0, 0.05) is 18.4 Å². The Kier molecular flexibility index (Phi) is 5.88. The van der Waals surface area contributed by atoms with Gasteiger partial charge in [0.05, 0.1) is 17.5 Å². The van der Waals surface area contributed by atoms with Gasteiger partial charge < -0.3 is 14.2 Å². The first-order valence-electron chi connectivity index (χ1n) is 9.17. The monoisotopic (exact) mass is 424 g/mol. The van der Waals surface area contributed by atoms with E-state index in [0.717, 1.165) is 5.56 Å². The number of fused-ring (bicyclic) bond motifs is 1. The zero-order chi connectivity index (χ0) is 21.4. The number of carbonyl (C=O) groups is 1. The molecule has 2 saturated heterocycles. The predicted octanol–water partition coefficient (Wildman–Crippen LogP) is 2.13. The Hall–Kier alpha value is -2.17. The quantitative estimate of drug-likeness (QED) is 0.308. The maximum absolute atomic E-state index is 13.4. The smallest absolute Gasteiger partial charge is 0.303 e. The van der Waals surface area contributed by atoms with Gasteiger partial charge in [-0.1, -0.05) is 22.8 Å². The molecule has 2 heterocycles. The van der Waals surface area contributed by atoms with Crippen molar-refractivity contribution in [1.82, 2.24) is 4.31 Å². The molecule has 10 nitrogen and oxygen atoms in total. The lowest BCUT2D eigenvalue weighted by atomic mass is 9.96. The molecular weight excluding hydrogens is 400 g/mol. The number of carbonyl (C=O) groups excluding carboxylic acids is 1. The van der Waals surface area contributed by atoms with Gasteiger partial charge in [-0.05, 0) is 38.4 Å². The molecule has 2 aliphatic heterocycles. The van der Waals surface area contributed by atoms with Crippen LogP contribution in [-0.2, 0) is 29.0 Å². The van der Waals surface area contributed by atoms with Crippen LogP contribution in [0.4, 0.5) is 0 Å². The van der Waals surface area contributed by atoms with E-state index < -0.39 is 46.1 Å². The Morgan fingerprint density at radius 2 is 1.93 bits per heavy atom. The van der Waals surface area contributed by atoms with E-state index in [9.17, 15) is 13.2 Å². The van der Waals surface area contributed by atoms with Crippen molar-refractivity contribution in [1.29, 1.82) is 0 Å². The number of sulfonamides is 1. The van der Waals surface area contributed by atoms with E-state index in [1.165, 1.54) is 23.4 Å². The number of piperidine rings is 1. The fourth-order valence-corrected chi connectivity index (χ4v) is 5.37. The first-order chi connectivity index (χ1) is 13.5. The third-order valence-electron chi connectivity index (χ3n) is 4.92. The van der Waals surface area contributed by atoms with Crippen molar-refractivity contribution in [2.45, 2.75) is 62.7 Å². The number of rotatable bonds is 5. The number of benzene rings is 1. The second-order valence-corrected chi connectivity index (χ2v) is 9.47. The second kappa shape index (κ2) is 7.92. The van der Waals surface area contributed by atoms with E-state index in [-0.39, 0.29) is 18.0 Å². The Labute approximate surface area is 169 Å². The highest BCUT2D eigenvalue weighted by molar-refractivity contribution is 7.89. The number of aryl methyl sites for hydroxylation is 1. The largest absolute Gasteiger partial charge is 0.458 e. The van der Waals surface area contributed by atoms with Gasteiger partial charge in [0.2, 0.25) is 10.0 Å². The Balaban J connectivity index is 2.05. The number of azide groups is 1. The fourth-order valence-electron chi connectivity index (χ4n) is 3.74. The van der Waals surface area contributed by atoms with Gasteiger partial charge in [-0.2, -0.15) is 4.31 Å². The molecule has 0 aliphatic carbocycles. The molecule has 11 heteroatoms. The fraction of sp³-hybridized carbons (Fsp3) is 0.611. The van der Waals surface area contributed by atoms with Crippen LogP contribution >= 0.6 is 0 Å². The summed E-state index contributed by atoms with van der Waals surface area (Å²) in [5.74, 6) is -1.56. The molecule has 3 rings (SSSR count). The Morgan fingerprint density at radius 1 is 1.31 bits per heavy atom. The summed E-state index contributed by atoms with van der Waals surface area (Å²) >= 11 is 0. The molecular formula is C18H24N4O6S. The van der Waals surface area contributed by atoms with Crippen molar-refractivity contribution in [2.75, 3.05) is 13.1 Å². The Bertz CT molecular complexity index is 926. The summed E-state index contributed by atoms with van der Waals surface area (Å²) in [6.07, 6.45) is -2.31. The molecule has 0 saturated carbocycles. The van der Waals surface area contributed by atoms with Crippen LogP contribution < -0.4 is 0 Å². The van der Waals surface area contributed by atoms with E-state index in [0.29, 0.717) is 0 Å².